The Balaban J connectivity index is 1.95. The highest BCUT2D eigenvalue weighted by molar-refractivity contribution is 6.40. The standard InChI is InChI=1S/C24H24Cl2N4O4/c1-3-13(9-20(31)32)17-6-4-5-14-12-30(29-23(33)21(14)17)24(34)22-18(25)7-15(8-19(22)26)16(10-27)11-28-2/h4-8,10-11,13,27-28H,3,9,12H2,1-2H3,(H,29,33)(H,31,32)/b16-11+,27-10?/t13-/m1/s1. The molecule has 0 spiro atoms. The van der Waals surface area contributed by atoms with Gasteiger partial charge in [0, 0.05) is 30.6 Å². The number of allylic oxidation sites excluding steroid dienone is 1. The highest BCUT2D eigenvalue weighted by Gasteiger charge is 2.32. The van der Waals surface area contributed by atoms with Crippen LogP contribution in [0.4, 0.5) is 0 Å². The summed E-state index contributed by atoms with van der Waals surface area (Å²) in [5.41, 5.74) is 5.32. The number of nitrogens with zero attached hydrogens (tertiary/aromatic N) is 1. The maximum absolute atomic E-state index is 13.3. The summed E-state index contributed by atoms with van der Waals surface area (Å²) < 4.78 is 0. The number of carbonyl (C=O) groups is 3. The van der Waals surface area contributed by atoms with Crippen LogP contribution in [0.1, 0.15) is 63.1 Å². The van der Waals surface area contributed by atoms with E-state index < -0.39 is 17.8 Å². The van der Waals surface area contributed by atoms with Gasteiger partial charge < -0.3 is 15.8 Å². The molecular weight excluding hydrogens is 479 g/mol. The molecule has 0 aliphatic carbocycles. The van der Waals surface area contributed by atoms with Crippen molar-refractivity contribution in [2.45, 2.75) is 32.2 Å². The van der Waals surface area contributed by atoms with Crippen molar-refractivity contribution < 1.29 is 19.5 Å². The Morgan fingerprint density at radius 2 is 1.97 bits per heavy atom. The molecule has 2 aromatic carbocycles. The summed E-state index contributed by atoms with van der Waals surface area (Å²) in [6, 6.07) is 8.30. The van der Waals surface area contributed by atoms with Crippen molar-refractivity contribution in [3.8, 4) is 0 Å². The number of hydrazine groups is 1. The fraction of sp³-hybridized carbons (Fsp3) is 0.250. The van der Waals surface area contributed by atoms with Gasteiger partial charge in [-0.2, -0.15) is 0 Å². The summed E-state index contributed by atoms with van der Waals surface area (Å²) in [7, 11) is 1.69. The lowest BCUT2D eigenvalue weighted by atomic mass is 9.86. The van der Waals surface area contributed by atoms with Gasteiger partial charge in [-0.1, -0.05) is 48.3 Å². The minimum Gasteiger partial charge on any atom is -0.481 e. The summed E-state index contributed by atoms with van der Waals surface area (Å²) >= 11 is 12.8. The van der Waals surface area contributed by atoms with Crippen molar-refractivity contribution >= 4 is 52.8 Å². The molecule has 10 heteroatoms. The Labute approximate surface area is 207 Å². The number of aliphatic carboxylic acids is 1. The zero-order chi connectivity index (χ0) is 25.0. The lowest BCUT2D eigenvalue weighted by Crippen LogP contribution is -2.50. The second kappa shape index (κ2) is 10.7. The van der Waals surface area contributed by atoms with E-state index in [1.165, 1.54) is 12.1 Å². The summed E-state index contributed by atoms with van der Waals surface area (Å²) in [4.78, 5) is 37.6. The average Bonchev–Trinajstić information content (AvgIpc) is 2.79. The number of carbonyl (C=O) groups excluding carboxylic acids is 2. The third kappa shape index (κ3) is 5.08. The zero-order valence-corrected chi connectivity index (χ0v) is 20.1. The monoisotopic (exact) mass is 502 g/mol. The summed E-state index contributed by atoms with van der Waals surface area (Å²) in [5, 5.41) is 20.9. The van der Waals surface area contributed by atoms with Crippen LogP contribution in [0.25, 0.3) is 5.57 Å². The van der Waals surface area contributed by atoms with Crippen LogP contribution >= 0.6 is 23.2 Å². The Morgan fingerprint density at radius 1 is 1.29 bits per heavy atom. The summed E-state index contributed by atoms with van der Waals surface area (Å²) in [6.45, 7) is 1.93. The summed E-state index contributed by atoms with van der Waals surface area (Å²) in [6.07, 6.45) is 3.19. The van der Waals surface area contributed by atoms with Gasteiger partial charge in [-0.3, -0.25) is 19.8 Å². The molecule has 1 heterocycles. The van der Waals surface area contributed by atoms with Crippen molar-refractivity contribution in [1.29, 1.82) is 5.41 Å². The molecular formula is C24H24Cl2N4O4. The number of fused-ring (bicyclic) bond motifs is 1. The van der Waals surface area contributed by atoms with Gasteiger partial charge in [-0.25, -0.2) is 5.01 Å². The number of hydrogen-bond donors (Lipinski definition) is 4. The smallest absolute Gasteiger partial charge is 0.303 e. The third-order valence-electron chi connectivity index (χ3n) is 5.62. The van der Waals surface area contributed by atoms with Crippen LogP contribution in [0.2, 0.25) is 10.0 Å². The van der Waals surface area contributed by atoms with Gasteiger partial charge in [0.05, 0.1) is 28.6 Å². The number of carboxylic acid groups (broad SMARTS) is 1. The normalized spacial score (nSPS) is 14.2. The van der Waals surface area contributed by atoms with Crippen LogP contribution < -0.4 is 10.7 Å². The van der Waals surface area contributed by atoms with E-state index in [9.17, 15) is 19.5 Å². The molecule has 2 aromatic rings. The Bertz CT molecular complexity index is 1170. The highest BCUT2D eigenvalue weighted by atomic mass is 35.5. The summed E-state index contributed by atoms with van der Waals surface area (Å²) in [5.74, 6) is -2.36. The average molecular weight is 503 g/mol. The van der Waals surface area contributed by atoms with Crippen LogP contribution in [0.5, 0.6) is 0 Å². The largest absolute Gasteiger partial charge is 0.481 e. The first-order valence-electron chi connectivity index (χ1n) is 10.6. The quantitative estimate of drug-likeness (QED) is 0.396. The Morgan fingerprint density at radius 3 is 2.53 bits per heavy atom. The number of hydrogen-bond acceptors (Lipinski definition) is 5. The molecule has 1 atom stereocenters. The van der Waals surface area contributed by atoms with Crippen molar-refractivity contribution in [1.82, 2.24) is 15.8 Å². The van der Waals surface area contributed by atoms with E-state index in [-0.39, 0.29) is 34.5 Å². The third-order valence-corrected chi connectivity index (χ3v) is 6.21. The predicted octanol–water partition coefficient (Wildman–Crippen LogP) is 4.47. The second-order valence-electron chi connectivity index (χ2n) is 7.76. The van der Waals surface area contributed by atoms with E-state index in [1.54, 1.807) is 31.4 Å². The van der Waals surface area contributed by atoms with Gasteiger partial charge in [0.2, 0.25) is 0 Å². The van der Waals surface area contributed by atoms with Gasteiger partial charge in [0.15, 0.2) is 0 Å². The number of benzene rings is 2. The molecule has 0 saturated heterocycles. The second-order valence-corrected chi connectivity index (χ2v) is 8.58. The highest BCUT2D eigenvalue weighted by Crippen LogP contribution is 2.33. The van der Waals surface area contributed by atoms with E-state index in [0.29, 0.717) is 34.2 Å². The first kappa shape index (κ1) is 25.3. The molecule has 34 heavy (non-hydrogen) atoms. The molecule has 3 rings (SSSR count). The predicted molar refractivity (Wildman–Crippen MR) is 131 cm³/mol. The Hall–Kier alpha value is -3.36. The molecule has 0 fully saturated rings. The fourth-order valence-electron chi connectivity index (χ4n) is 4.01. The number of amides is 2. The maximum Gasteiger partial charge on any atom is 0.303 e. The van der Waals surface area contributed by atoms with Crippen LogP contribution in [-0.4, -0.2) is 41.2 Å². The fourth-order valence-corrected chi connectivity index (χ4v) is 4.66. The topological polar surface area (TPSA) is 123 Å². The minimum absolute atomic E-state index is 0.0260. The Kier molecular flexibility index (Phi) is 7.96. The first-order chi connectivity index (χ1) is 16.2. The lowest BCUT2D eigenvalue weighted by Gasteiger charge is -2.31. The van der Waals surface area contributed by atoms with Gasteiger partial charge in [0.1, 0.15) is 0 Å². The first-order valence-corrected chi connectivity index (χ1v) is 11.3. The molecule has 0 aromatic heterocycles. The number of carboxylic acids is 1. The number of halogens is 2. The van der Waals surface area contributed by atoms with E-state index in [2.05, 4.69) is 10.7 Å². The maximum atomic E-state index is 13.3. The molecule has 178 valence electrons. The number of rotatable bonds is 8. The number of nitrogens with one attached hydrogen (secondary N) is 3. The molecule has 0 radical (unpaired) electrons. The van der Waals surface area contributed by atoms with Gasteiger partial charge in [0.25, 0.3) is 11.8 Å². The zero-order valence-electron chi connectivity index (χ0n) is 18.6. The molecule has 0 bridgehead atoms. The van der Waals surface area contributed by atoms with Crippen LogP contribution in [0.15, 0.2) is 36.5 Å². The van der Waals surface area contributed by atoms with Crippen molar-refractivity contribution in [2.75, 3.05) is 7.05 Å². The van der Waals surface area contributed by atoms with Crippen LogP contribution in [0, 0.1) is 5.41 Å². The lowest BCUT2D eigenvalue weighted by molar-refractivity contribution is -0.137. The van der Waals surface area contributed by atoms with Crippen molar-refractivity contribution in [3.63, 3.8) is 0 Å². The van der Waals surface area contributed by atoms with Crippen molar-refractivity contribution in [3.05, 3.63) is 74.4 Å². The van der Waals surface area contributed by atoms with E-state index >= 15 is 0 Å². The van der Waals surface area contributed by atoms with Crippen LogP contribution in [-0.2, 0) is 11.3 Å². The molecule has 8 nitrogen and oxygen atoms in total. The molecule has 4 N–H and O–H groups in total. The van der Waals surface area contributed by atoms with Gasteiger partial charge in [-0.05, 0) is 41.2 Å². The molecule has 1 aliphatic heterocycles. The SMILES string of the molecule is CC[C@H](CC(=O)O)c1cccc2c1C(=O)NN(C(=O)c1c(Cl)cc(/C(C=N)=C/NC)cc1Cl)C2. The molecule has 0 saturated carbocycles. The van der Waals surface area contributed by atoms with Crippen molar-refractivity contribution in [2.24, 2.45) is 0 Å². The molecule has 2 amide bonds. The molecule has 0 unspecified atom stereocenters. The minimum atomic E-state index is -0.944. The van der Waals surface area contributed by atoms with E-state index in [0.717, 1.165) is 11.2 Å². The van der Waals surface area contributed by atoms with E-state index in [1.807, 2.05) is 6.92 Å². The van der Waals surface area contributed by atoms with Gasteiger partial charge >= 0.3 is 5.97 Å². The van der Waals surface area contributed by atoms with Crippen LogP contribution in [0.3, 0.4) is 0 Å². The van der Waals surface area contributed by atoms with Gasteiger partial charge in [-0.15, -0.1) is 0 Å². The molecule has 1 aliphatic rings. The van der Waals surface area contributed by atoms with E-state index in [4.69, 9.17) is 28.6 Å².